The molecular formula is C17H24ClN3O2. The lowest BCUT2D eigenvalue weighted by Gasteiger charge is -2.25. The predicted molar refractivity (Wildman–Crippen MR) is 93.4 cm³/mol. The number of carbonyl (C=O) groups is 2. The monoisotopic (exact) mass is 337 g/mol. The van der Waals surface area contributed by atoms with Gasteiger partial charge in [0, 0.05) is 43.9 Å². The highest BCUT2D eigenvalue weighted by atomic mass is 35.5. The van der Waals surface area contributed by atoms with Gasteiger partial charge in [-0.15, -0.1) is 12.4 Å². The van der Waals surface area contributed by atoms with E-state index >= 15 is 0 Å². The van der Waals surface area contributed by atoms with Gasteiger partial charge in [0.1, 0.15) is 0 Å². The van der Waals surface area contributed by atoms with Crippen molar-refractivity contribution < 1.29 is 9.59 Å². The Hall–Kier alpha value is -1.59. The van der Waals surface area contributed by atoms with E-state index in [0.29, 0.717) is 12.6 Å². The van der Waals surface area contributed by atoms with E-state index in [4.69, 9.17) is 0 Å². The summed E-state index contributed by atoms with van der Waals surface area (Å²) in [6.45, 7) is 3.98. The molecule has 2 aliphatic heterocycles. The Morgan fingerprint density at radius 2 is 2.09 bits per heavy atom. The number of hydrogen-bond donors (Lipinski definition) is 1. The zero-order valence-electron chi connectivity index (χ0n) is 13.7. The lowest BCUT2D eigenvalue weighted by atomic mass is 10.1. The van der Waals surface area contributed by atoms with Crippen LogP contribution in [0.4, 0.5) is 5.69 Å². The molecule has 126 valence electrons. The van der Waals surface area contributed by atoms with Crippen LogP contribution in [-0.4, -0.2) is 49.4 Å². The Morgan fingerprint density at radius 1 is 1.30 bits per heavy atom. The first-order chi connectivity index (χ1) is 10.6. The van der Waals surface area contributed by atoms with E-state index in [1.54, 1.807) is 11.8 Å². The first kappa shape index (κ1) is 17.8. The second kappa shape index (κ2) is 7.32. The van der Waals surface area contributed by atoms with Gasteiger partial charge in [0.25, 0.3) is 5.91 Å². The van der Waals surface area contributed by atoms with Crippen molar-refractivity contribution in [2.45, 2.75) is 32.2 Å². The van der Waals surface area contributed by atoms with Crippen molar-refractivity contribution in [3.63, 3.8) is 0 Å². The fraction of sp³-hybridized carbons (Fsp3) is 0.529. The van der Waals surface area contributed by atoms with Crippen LogP contribution in [-0.2, 0) is 11.2 Å². The third-order valence-corrected chi connectivity index (χ3v) is 4.68. The van der Waals surface area contributed by atoms with Crippen molar-refractivity contribution in [3.05, 3.63) is 29.3 Å². The maximum atomic E-state index is 12.8. The van der Waals surface area contributed by atoms with E-state index in [9.17, 15) is 9.59 Å². The van der Waals surface area contributed by atoms with Gasteiger partial charge in [-0.3, -0.25) is 9.59 Å². The van der Waals surface area contributed by atoms with Crippen molar-refractivity contribution in [1.29, 1.82) is 0 Å². The average molecular weight is 338 g/mol. The predicted octanol–water partition coefficient (Wildman–Crippen LogP) is 1.84. The van der Waals surface area contributed by atoms with Crippen LogP contribution in [0.5, 0.6) is 0 Å². The third kappa shape index (κ3) is 3.35. The maximum absolute atomic E-state index is 12.8. The van der Waals surface area contributed by atoms with Crippen molar-refractivity contribution in [2.24, 2.45) is 0 Å². The van der Waals surface area contributed by atoms with Crippen molar-refractivity contribution >= 4 is 29.9 Å². The number of benzene rings is 1. The van der Waals surface area contributed by atoms with Gasteiger partial charge in [0.05, 0.1) is 0 Å². The Kier molecular flexibility index (Phi) is 5.65. The van der Waals surface area contributed by atoms with Gasteiger partial charge >= 0.3 is 0 Å². The molecule has 2 aliphatic rings. The molecule has 2 heterocycles. The number of halogens is 1. The van der Waals surface area contributed by atoms with Gasteiger partial charge in [-0.2, -0.15) is 0 Å². The fourth-order valence-corrected chi connectivity index (χ4v) is 3.58. The molecule has 5 nitrogen and oxygen atoms in total. The van der Waals surface area contributed by atoms with E-state index in [1.165, 1.54) is 0 Å². The van der Waals surface area contributed by atoms with Gasteiger partial charge in [-0.25, -0.2) is 0 Å². The summed E-state index contributed by atoms with van der Waals surface area (Å²) in [7, 11) is 1.92. The molecule has 0 radical (unpaired) electrons. The highest BCUT2D eigenvalue weighted by Crippen LogP contribution is 2.30. The molecule has 1 aromatic carbocycles. The molecule has 0 saturated carbocycles. The molecule has 23 heavy (non-hydrogen) atoms. The molecule has 1 unspecified atom stereocenters. The van der Waals surface area contributed by atoms with Crippen molar-refractivity contribution in [3.8, 4) is 0 Å². The van der Waals surface area contributed by atoms with E-state index in [2.05, 4.69) is 5.32 Å². The first-order valence-electron chi connectivity index (χ1n) is 7.98. The van der Waals surface area contributed by atoms with Crippen LogP contribution in [0, 0.1) is 0 Å². The second-order valence-corrected chi connectivity index (χ2v) is 6.12. The number of likely N-dealkylation sites (N-methyl/N-ethyl adjacent to an activating group) is 1. The minimum Gasteiger partial charge on any atom is -0.334 e. The summed E-state index contributed by atoms with van der Waals surface area (Å²) in [5, 5.41) is 3.17. The molecule has 6 heteroatoms. The Morgan fingerprint density at radius 3 is 2.78 bits per heavy atom. The number of nitrogens with zero attached hydrogens (tertiary/aromatic N) is 2. The van der Waals surface area contributed by atoms with E-state index in [-0.39, 0.29) is 24.2 Å². The number of likely N-dealkylation sites (tertiary alicyclic amines) is 1. The number of anilines is 1. The summed E-state index contributed by atoms with van der Waals surface area (Å²) in [6, 6.07) is 6.03. The largest absolute Gasteiger partial charge is 0.334 e. The Balaban J connectivity index is 0.00000192. The molecule has 0 spiro atoms. The van der Waals surface area contributed by atoms with Gasteiger partial charge in [-0.1, -0.05) is 0 Å². The maximum Gasteiger partial charge on any atom is 0.254 e. The highest BCUT2D eigenvalue weighted by Gasteiger charge is 2.30. The summed E-state index contributed by atoms with van der Waals surface area (Å²) >= 11 is 0. The van der Waals surface area contributed by atoms with Crippen molar-refractivity contribution in [2.75, 3.05) is 31.6 Å². The third-order valence-electron chi connectivity index (χ3n) is 4.68. The molecule has 1 saturated heterocycles. The van der Waals surface area contributed by atoms with E-state index < -0.39 is 0 Å². The summed E-state index contributed by atoms with van der Waals surface area (Å²) in [4.78, 5) is 28.1. The number of rotatable bonds is 3. The van der Waals surface area contributed by atoms with Crippen LogP contribution >= 0.6 is 12.4 Å². The van der Waals surface area contributed by atoms with Gasteiger partial charge in [-0.05, 0) is 50.1 Å². The summed E-state index contributed by atoms with van der Waals surface area (Å²) < 4.78 is 0. The normalized spacial score (nSPS) is 19.5. The van der Waals surface area contributed by atoms with Crippen LogP contribution < -0.4 is 10.2 Å². The number of hydrogen-bond acceptors (Lipinski definition) is 3. The number of nitrogens with one attached hydrogen (secondary N) is 1. The molecule has 3 rings (SSSR count). The van der Waals surface area contributed by atoms with Crippen molar-refractivity contribution in [1.82, 2.24) is 10.2 Å². The molecule has 0 aromatic heterocycles. The SMILES string of the molecule is CNCC1CCCN1C(=O)c1ccc2c(c1)CCN2C(C)=O.Cl. The van der Waals surface area contributed by atoms with Gasteiger partial charge in [0.15, 0.2) is 0 Å². The minimum atomic E-state index is 0. The summed E-state index contributed by atoms with van der Waals surface area (Å²) in [5.74, 6) is 0.174. The Bertz CT molecular complexity index is 606. The van der Waals surface area contributed by atoms with Gasteiger partial charge < -0.3 is 15.1 Å². The topological polar surface area (TPSA) is 52.7 Å². The van der Waals surface area contributed by atoms with Crippen LogP contribution in [0.15, 0.2) is 18.2 Å². The number of fused-ring (bicyclic) bond motifs is 1. The van der Waals surface area contributed by atoms with Gasteiger partial charge in [0.2, 0.25) is 5.91 Å². The van der Waals surface area contributed by atoms with Crippen LogP contribution in [0.2, 0.25) is 0 Å². The highest BCUT2D eigenvalue weighted by molar-refractivity contribution is 5.98. The lowest BCUT2D eigenvalue weighted by molar-refractivity contribution is -0.116. The number of amides is 2. The molecule has 1 N–H and O–H groups in total. The molecule has 0 bridgehead atoms. The van der Waals surface area contributed by atoms with Crippen LogP contribution in [0.3, 0.4) is 0 Å². The molecule has 2 amide bonds. The minimum absolute atomic E-state index is 0. The average Bonchev–Trinajstić information content (AvgIpc) is 3.12. The zero-order valence-corrected chi connectivity index (χ0v) is 14.5. The lowest BCUT2D eigenvalue weighted by Crippen LogP contribution is -2.40. The molecule has 1 atom stereocenters. The summed E-state index contributed by atoms with van der Waals surface area (Å²) in [5.41, 5.74) is 2.80. The Labute approximate surface area is 143 Å². The fourth-order valence-electron chi connectivity index (χ4n) is 3.58. The molecular weight excluding hydrogens is 314 g/mol. The smallest absolute Gasteiger partial charge is 0.254 e. The number of carbonyl (C=O) groups excluding carboxylic acids is 2. The molecule has 0 aliphatic carbocycles. The molecule has 1 fully saturated rings. The zero-order chi connectivity index (χ0) is 15.7. The summed E-state index contributed by atoms with van der Waals surface area (Å²) in [6.07, 6.45) is 2.97. The standard InChI is InChI=1S/C17H23N3O2.ClH/c1-12(21)19-9-7-13-10-14(5-6-16(13)19)17(22)20-8-3-4-15(20)11-18-2;/h5-6,10,15,18H,3-4,7-9,11H2,1-2H3;1H. The second-order valence-electron chi connectivity index (χ2n) is 6.12. The molecule has 1 aromatic rings. The quantitative estimate of drug-likeness (QED) is 0.915. The van der Waals surface area contributed by atoms with Crippen LogP contribution in [0.25, 0.3) is 0 Å². The van der Waals surface area contributed by atoms with E-state index in [0.717, 1.165) is 49.2 Å². The first-order valence-corrected chi connectivity index (χ1v) is 7.98. The van der Waals surface area contributed by atoms with E-state index in [1.807, 2.05) is 30.1 Å². The van der Waals surface area contributed by atoms with Crippen LogP contribution in [0.1, 0.15) is 35.7 Å².